The van der Waals surface area contributed by atoms with Crippen molar-refractivity contribution in [2.45, 2.75) is 33.2 Å². The minimum Gasteiger partial charge on any atom is -0.339 e. The van der Waals surface area contributed by atoms with Gasteiger partial charge < -0.3 is 10.6 Å². The predicted molar refractivity (Wildman–Crippen MR) is 81.3 cm³/mol. The highest BCUT2D eigenvalue weighted by Gasteiger charge is 2.16. The zero-order chi connectivity index (χ0) is 13.9. The molecule has 1 aromatic carbocycles. The van der Waals surface area contributed by atoms with Crippen molar-refractivity contribution < 1.29 is 0 Å². The molecule has 0 bridgehead atoms. The quantitative estimate of drug-likeness (QED) is 0.898. The Balaban J connectivity index is 2.00. The van der Waals surface area contributed by atoms with Gasteiger partial charge in [-0.15, -0.1) is 0 Å². The number of nitrogens with zero attached hydrogens (tertiary/aromatic N) is 2. The van der Waals surface area contributed by atoms with E-state index in [4.69, 9.17) is 0 Å². The van der Waals surface area contributed by atoms with Crippen LogP contribution >= 0.6 is 0 Å². The van der Waals surface area contributed by atoms with Crippen molar-refractivity contribution in [1.82, 2.24) is 15.3 Å². The van der Waals surface area contributed by atoms with Gasteiger partial charge in [0.25, 0.3) is 0 Å². The van der Waals surface area contributed by atoms with E-state index in [0.717, 1.165) is 37.4 Å². The van der Waals surface area contributed by atoms with Crippen molar-refractivity contribution in [2.24, 2.45) is 0 Å². The zero-order valence-corrected chi connectivity index (χ0v) is 12.0. The second kappa shape index (κ2) is 5.59. The highest BCUT2D eigenvalue weighted by molar-refractivity contribution is 5.67. The fraction of sp³-hybridized carbons (Fsp3) is 0.375. The molecule has 0 aliphatic carbocycles. The van der Waals surface area contributed by atoms with Gasteiger partial charge in [-0.2, -0.15) is 0 Å². The van der Waals surface area contributed by atoms with Crippen LogP contribution in [0, 0.1) is 6.92 Å². The molecule has 0 unspecified atom stereocenters. The molecule has 0 fully saturated rings. The van der Waals surface area contributed by atoms with Gasteiger partial charge in [-0.05, 0) is 24.5 Å². The Morgan fingerprint density at radius 3 is 3.05 bits per heavy atom. The third-order valence-electron chi connectivity index (χ3n) is 3.86. The maximum absolute atomic E-state index is 4.44. The summed E-state index contributed by atoms with van der Waals surface area (Å²) in [5.41, 5.74) is 6.11. The number of aromatic nitrogens is 2. The molecule has 2 aromatic rings. The number of para-hydroxylation sites is 1. The van der Waals surface area contributed by atoms with Crippen LogP contribution in [0.15, 0.2) is 24.5 Å². The Labute approximate surface area is 119 Å². The lowest BCUT2D eigenvalue weighted by Gasteiger charge is -2.20. The van der Waals surface area contributed by atoms with Crippen molar-refractivity contribution in [3.05, 3.63) is 46.9 Å². The summed E-state index contributed by atoms with van der Waals surface area (Å²) in [5, 5.41) is 6.92. The highest BCUT2D eigenvalue weighted by atomic mass is 15.0. The molecule has 0 saturated heterocycles. The van der Waals surface area contributed by atoms with Gasteiger partial charge in [-0.25, -0.2) is 9.97 Å². The Kier molecular flexibility index (Phi) is 3.65. The molecule has 104 valence electrons. The summed E-state index contributed by atoms with van der Waals surface area (Å²) < 4.78 is 0. The minimum absolute atomic E-state index is 0.839. The van der Waals surface area contributed by atoms with Gasteiger partial charge in [0.2, 0.25) is 0 Å². The Bertz CT molecular complexity index is 622. The van der Waals surface area contributed by atoms with Crippen LogP contribution in [-0.2, 0) is 19.4 Å². The Morgan fingerprint density at radius 1 is 1.30 bits per heavy atom. The predicted octanol–water partition coefficient (Wildman–Crippen LogP) is 2.74. The second-order valence-electron chi connectivity index (χ2n) is 5.16. The molecule has 2 heterocycles. The summed E-state index contributed by atoms with van der Waals surface area (Å²) >= 11 is 0. The number of fused-ring (bicyclic) bond motifs is 1. The average molecular weight is 268 g/mol. The van der Waals surface area contributed by atoms with Gasteiger partial charge in [-0.3, -0.25) is 0 Å². The van der Waals surface area contributed by atoms with Crippen LogP contribution in [0.1, 0.15) is 29.3 Å². The van der Waals surface area contributed by atoms with Crippen molar-refractivity contribution in [2.75, 3.05) is 11.9 Å². The molecule has 1 aliphatic heterocycles. The third-order valence-corrected chi connectivity index (χ3v) is 3.86. The van der Waals surface area contributed by atoms with Crippen molar-refractivity contribution in [1.29, 1.82) is 0 Å². The molecule has 2 N–H and O–H groups in total. The molecule has 0 radical (unpaired) electrons. The molecule has 1 aliphatic rings. The standard InChI is InChI=1S/C16H20N4/c1-3-12-6-4-5-11(2)15(12)20-16-13-9-17-8-7-14(13)18-10-19-16/h4-6,10,17H,3,7-9H2,1-2H3,(H,18,19,20). The van der Waals surface area contributed by atoms with E-state index in [1.165, 1.54) is 22.4 Å². The summed E-state index contributed by atoms with van der Waals surface area (Å²) in [5.74, 6) is 0.936. The third kappa shape index (κ3) is 2.39. The summed E-state index contributed by atoms with van der Waals surface area (Å²) in [4.78, 5) is 8.84. The van der Waals surface area contributed by atoms with Gasteiger partial charge in [0.1, 0.15) is 12.1 Å². The summed E-state index contributed by atoms with van der Waals surface area (Å²) in [6, 6.07) is 6.41. The van der Waals surface area contributed by atoms with Gasteiger partial charge in [-0.1, -0.05) is 25.1 Å². The number of nitrogens with one attached hydrogen (secondary N) is 2. The van der Waals surface area contributed by atoms with E-state index in [0.29, 0.717) is 0 Å². The summed E-state index contributed by atoms with van der Waals surface area (Å²) in [6.45, 7) is 6.14. The topological polar surface area (TPSA) is 49.8 Å². The molecule has 0 atom stereocenters. The highest BCUT2D eigenvalue weighted by Crippen LogP contribution is 2.27. The first kappa shape index (κ1) is 13.1. The number of hydrogen-bond acceptors (Lipinski definition) is 4. The molecule has 4 heteroatoms. The van der Waals surface area contributed by atoms with Crippen molar-refractivity contribution in [3.63, 3.8) is 0 Å². The van der Waals surface area contributed by atoms with Gasteiger partial charge >= 0.3 is 0 Å². The van der Waals surface area contributed by atoms with Crippen LogP contribution in [0.5, 0.6) is 0 Å². The van der Waals surface area contributed by atoms with Crippen LogP contribution in [0.4, 0.5) is 11.5 Å². The average Bonchev–Trinajstić information content (AvgIpc) is 2.49. The second-order valence-corrected chi connectivity index (χ2v) is 5.16. The smallest absolute Gasteiger partial charge is 0.138 e. The van der Waals surface area contributed by atoms with Gasteiger partial charge in [0, 0.05) is 30.8 Å². The fourth-order valence-corrected chi connectivity index (χ4v) is 2.70. The van der Waals surface area contributed by atoms with E-state index in [1.807, 2.05) is 0 Å². The van der Waals surface area contributed by atoms with E-state index >= 15 is 0 Å². The SMILES string of the molecule is CCc1cccc(C)c1Nc1ncnc2c1CNCC2. The monoisotopic (exact) mass is 268 g/mol. The van der Waals surface area contributed by atoms with Crippen LogP contribution in [0.3, 0.4) is 0 Å². The lowest BCUT2D eigenvalue weighted by molar-refractivity contribution is 0.627. The molecule has 20 heavy (non-hydrogen) atoms. The number of aryl methyl sites for hydroxylation is 2. The molecule has 0 saturated carbocycles. The molecule has 0 spiro atoms. The first-order chi connectivity index (χ1) is 9.79. The molecule has 1 aromatic heterocycles. The molecule has 4 nitrogen and oxygen atoms in total. The maximum atomic E-state index is 4.44. The molecule has 0 amide bonds. The molecular formula is C16H20N4. The van der Waals surface area contributed by atoms with Gasteiger partial charge in [0.05, 0.1) is 5.69 Å². The number of benzene rings is 1. The van der Waals surface area contributed by atoms with E-state index in [2.05, 4.69) is 52.6 Å². The summed E-state index contributed by atoms with van der Waals surface area (Å²) in [7, 11) is 0. The lowest BCUT2D eigenvalue weighted by atomic mass is 10.0. The van der Waals surface area contributed by atoms with Crippen LogP contribution in [0.2, 0.25) is 0 Å². The number of rotatable bonds is 3. The Hall–Kier alpha value is -1.94. The Morgan fingerprint density at radius 2 is 2.20 bits per heavy atom. The van der Waals surface area contributed by atoms with Crippen LogP contribution < -0.4 is 10.6 Å². The van der Waals surface area contributed by atoms with E-state index in [9.17, 15) is 0 Å². The maximum Gasteiger partial charge on any atom is 0.138 e. The summed E-state index contributed by atoms with van der Waals surface area (Å²) in [6.07, 6.45) is 3.65. The lowest BCUT2D eigenvalue weighted by Crippen LogP contribution is -2.26. The first-order valence-electron chi connectivity index (χ1n) is 7.18. The van der Waals surface area contributed by atoms with E-state index < -0.39 is 0 Å². The van der Waals surface area contributed by atoms with Gasteiger partial charge in [0.15, 0.2) is 0 Å². The molecule has 3 rings (SSSR count). The normalized spacial score (nSPS) is 13.9. The first-order valence-corrected chi connectivity index (χ1v) is 7.18. The number of anilines is 2. The minimum atomic E-state index is 0.839. The van der Waals surface area contributed by atoms with Crippen LogP contribution in [0.25, 0.3) is 0 Å². The fourth-order valence-electron chi connectivity index (χ4n) is 2.70. The van der Waals surface area contributed by atoms with Crippen molar-refractivity contribution in [3.8, 4) is 0 Å². The molecular weight excluding hydrogens is 248 g/mol. The largest absolute Gasteiger partial charge is 0.339 e. The van der Waals surface area contributed by atoms with E-state index in [-0.39, 0.29) is 0 Å². The van der Waals surface area contributed by atoms with Crippen molar-refractivity contribution >= 4 is 11.5 Å². The van der Waals surface area contributed by atoms with E-state index in [1.54, 1.807) is 6.33 Å². The zero-order valence-electron chi connectivity index (χ0n) is 12.0. The number of hydrogen-bond donors (Lipinski definition) is 2. The van der Waals surface area contributed by atoms with Crippen LogP contribution in [-0.4, -0.2) is 16.5 Å².